The summed E-state index contributed by atoms with van der Waals surface area (Å²) in [6.45, 7) is 3.13. The Morgan fingerprint density at radius 3 is 2.59 bits per heavy atom. The zero-order valence-electron chi connectivity index (χ0n) is 18.6. The maximum Gasteiger partial charge on any atom is 0.430 e. The van der Waals surface area contributed by atoms with Crippen LogP contribution in [-0.2, 0) is 4.84 Å². The summed E-state index contributed by atoms with van der Waals surface area (Å²) in [5.41, 5.74) is 4.60. The van der Waals surface area contributed by atoms with Crippen molar-refractivity contribution in [2.24, 2.45) is 0 Å². The van der Waals surface area contributed by atoms with Gasteiger partial charge in [-0.2, -0.15) is 5.26 Å². The van der Waals surface area contributed by atoms with Gasteiger partial charge in [0.1, 0.15) is 0 Å². The highest BCUT2D eigenvalue weighted by Crippen LogP contribution is 2.26. The Kier molecular flexibility index (Phi) is 6.74. The lowest BCUT2D eigenvalue weighted by Gasteiger charge is -2.25. The van der Waals surface area contributed by atoms with E-state index in [1.807, 2.05) is 54.6 Å². The molecule has 0 aliphatic carbocycles. The first-order valence-electron chi connectivity index (χ1n) is 11.0. The molecule has 2 aromatic carbocycles. The molecule has 32 heavy (non-hydrogen) atoms. The SMILES string of the molecule is CN(C)C1CCN(c2ccc(NC(=O)ON3CC=C(c4ccccc4C#N)CC3)cc2)C1. The van der Waals surface area contributed by atoms with Gasteiger partial charge in [-0.15, -0.1) is 5.06 Å². The number of rotatable bonds is 5. The average molecular weight is 432 g/mol. The van der Waals surface area contributed by atoms with Crippen LogP contribution >= 0.6 is 0 Å². The number of carbonyl (C=O) groups excluding carboxylic acids is 1. The predicted octanol–water partition coefficient (Wildman–Crippen LogP) is 3.95. The number of carbonyl (C=O) groups is 1. The summed E-state index contributed by atoms with van der Waals surface area (Å²) < 4.78 is 0. The molecule has 0 aromatic heterocycles. The maximum atomic E-state index is 12.3. The highest BCUT2D eigenvalue weighted by Gasteiger charge is 2.24. The van der Waals surface area contributed by atoms with Crippen LogP contribution in [0.5, 0.6) is 0 Å². The number of nitrogens with zero attached hydrogens (tertiary/aromatic N) is 4. The molecule has 2 aliphatic heterocycles. The minimum atomic E-state index is -0.499. The molecule has 1 atom stereocenters. The fourth-order valence-electron chi connectivity index (χ4n) is 4.25. The minimum absolute atomic E-state index is 0.490. The molecule has 2 aromatic rings. The molecule has 1 saturated heterocycles. The van der Waals surface area contributed by atoms with E-state index in [1.54, 1.807) is 5.06 Å². The Morgan fingerprint density at radius 1 is 1.16 bits per heavy atom. The van der Waals surface area contributed by atoms with Crippen LogP contribution in [0.1, 0.15) is 24.0 Å². The third-order valence-electron chi connectivity index (χ3n) is 6.15. The Labute approximate surface area is 189 Å². The second kappa shape index (κ2) is 9.86. The first-order chi connectivity index (χ1) is 15.5. The normalized spacial score (nSPS) is 18.9. The minimum Gasteiger partial charge on any atom is -0.370 e. The second-order valence-corrected chi connectivity index (χ2v) is 8.43. The van der Waals surface area contributed by atoms with E-state index >= 15 is 0 Å². The molecular formula is C25H29N5O2. The van der Waals surface area contributed by atoms with Crippen LogP contribution in [0.2, 0.25) is 0 Å². The average Bonchev–Trinajstić information content (AvgIpc) is 3.31. The summed E-state index contributed by atoms with van der Waals surface area (Å²) in [6, 6.07) is 18.3. The summed E-state index contributed by atoms with van der Waals surface area (Å²) in [5.74, 6) is 0. The molecule has 0 radical (unpaired) electrons. The van der Waals surface area contributed by atoms with Gasteiger partial charge in [-0.3, -0.25) is 5.32 Å². The molecule has 7 nitrogen and oxygen atoms in total. The summed E-state index contributed by atoms with van der Waals surface area (Å²) >= 11 is 0. The van der Waals surface area contributed by atoms with E-state index in [4.69, 9.17) is 4.84 Å². The van der Waals surface area contributed by atoms with E-state index in [0.29, 0.717) is 36.8 Å². The second-order valence-electron chi connectivity index (χ2n) is 8.43. The molecule has 1 unspecified atom stereocenters. The lowest BCUT2D eigenvalue weighted by Crippen LogP contribution is -2.33. The molecule has 1 amide bonds. The van der Waals surface area contributed by atoms with Crippen molar-refractivity contribution in [3.63, 3.8) is 0 Å². The molecule has 4 rings (SSSR count). The van der Waals surface area contributed by atoms with Crippen LogP contribution in [0.3, 0.4) is 0 Å². The molecule has 2 aliphatic rings. The Balaban J connectivity index is 1.28. The van der Waals surface area contributed by atoms with Gasteiger partial charge in [-0.05, 0) is 68.4 Å². The highest BCUT2D eigenvalue weighted by molar-refractivity contribution is 5.84. The third-order valence-corrected chi connectivity index (χ3v) is 6.15. The van der Waals surface area contributed by atoms with Crippen LogP contribution in [0.25, 0.3) is 5.57 Å². The van der Waals surface area contributed by atoms with Crippen molar-refractivity contribution >= 4 is 23.0 Å². The number of anilines is 2. The topological polar surface area (TPSA) is 71.8 Å². The predicted molar refractivity (Wildman–Crippen MR) is 126 cm³/mol. The largest absolute Gasteiger partial charge is 0.430 e. The first kappa shape index (κ1) is 21.9. The van der Waals surface area contributed by atoms with Crippen LogP contribution in [0.4, 0.5) is 16.2 Å². The van der Waals surface area contributed by atoms with Crippen LogP contribution < -0.4 is 10.2 Å². The van der Waals surface area contributed by atoms with Gasteiger partial charge in [0.25, 0.3) is 0 Å². The quantitative estimate of drug-likeness (QED) is 0.773. The molecule has 0 bridgehead atoms. The number of hydrogen-bond acceptors (Lipinski definition) is 6. The smallest absolute Gasteiger partial charge is 0.370 e. The van der Waals surface area contributed by atoms with Crippen molar-refractivity contribution in [2.45, 2.75) is 18.9 Å². The number of nitrogens with one attached hydrogen (secondary N) is 1. The van der Waals surface area contributed by atoms with Gasteiger partial charge in [0.15, 0.2) is 0 Å². The Morgan fingerprint density at radius 2 is 1.94 bits per heavy atom. The number of amides is 1. The van der Waals surface area contributed by atoms with Gasteiger partial charge in [0.2, 0.25) is 0 Å². The van der Waals surface area contributed by atoms with E-state index in [2.05, 4.69) is 35.3 Å². The number of hydrogen-bond donors (Lipinski definition) is 1. The number of likely N-dealkylation sites (N-methyl/N-ethyl adjacent to an activating group) is 1. The molecule has 2 heterocycles. The Bertz CT molecular complexity index is 1030. The van der Waals surface area contributed by atoms with E-state index in [9.17, 15) is 10.1 Å². The van der Waals surface area contributed by atoms with Crippen molar-refractivity contribution in [1.29, 1.82) is 5.26 Å². The van der Waals surface area contributed by atoms with E-state index in [-0.39, 0.29) is 0 Å². The van der Waals surface area contributed by atoms with Gasteiger partial charge in [-0.1, -0.05) is 24.3 Å². The number of hydroxylamine groups is 2. The number of nitriles is 1. The molecule has 7 heteroatoms. The first-order valence-corrected chi connectivity index (χ1v) is 11.0. The van der Waals surface area contributed by atoms with Crippen molar-refractivity contribution in [3.8, 4) is 6.07 Å². The fraction of sp³-hybridized carbons (Fsp3) is 0.360. The Hall–Kier alpha value is -3.34. The maximum absolute atomic E-state index is 12.3. The summed E-state index contributed by atoms with van der Waals surface area (Å²) in [5, 5.41) is 13.7. The standard InChI is InChI=1S/C25H29N5O2/c1-28(2)23-13-14-29(18-23)22-9-7-21(8-10-22)27-25(31)32-30-15-11-19(12-16-30)24-6-4-3-5-20(24)17-26/h3-11,23H,12-16,18H2,1-2H3,(H,27,31). The van der Waals surface area contributed by atoms with Crippen LogP contribution in [0.15, 0.2) is 54.6 Å². The highest BCUT2D eigenvalue weighted by atomic mass is 16.7. The third kappa shape index (κ3) is 5.10. The molecule has 0 spiro atoms. The summed E-state index contributed by atoms with van der Waals surface area (Å²) in [7, 11) is 4.24. The molecule has 0 saturated carbocycles. The van der Waals surface area contributed by atoms with Crippen molar-refractivity contribution in [1.82, 2.24) is 9.96 Å². The lowest BCUT2D eigenvalue weighted by atomic mass is 9.96. The van der Waals surface area contributed by atoms with E-state index < -0.39 is 6.09 Å². The van der Waals surface area contributed by atoms with E-state index in [0.717, 1.165) is 30.6 Å². The van der Waals surface area contributed by atoms with Gasteiger partial charge >= 0.3 is 6.09 Å². The van der Waals surface area contributed by atoms with Gasteiger partial charge in [0.05, 0.1) is 18.2 Å². The van der Waals surface area contributed by atoms with Crippen molar-refractivity contribution in [3.05, 3.63) is 65.7 Å². The zero-order chi connectivity index (χ0) is 22.5. The molecule has 166 valence electrons. The number of benzene rings is 2. The molecule has 1 N–H and O–H groups in total. The van der Waals surface area contributed by atoms with Crippen molar-refractivity contribution < 1.29 is 9.63 Å². The van der Waals surface area contributed by atoms with Gasteiger partial charge in [-0.25, -0.2) is 4.79 Å². The van der Waals surface area contributed by atoms with Gasteiger partial charge in [0, 0.05) is 37.1 Å². The van der Waals surface area contributed by atoms with Gasteiger partial charge < -0.3 is 14.6 Å². The fourth-order valence-corrected chi connectivity index (χ4v) is 4.25. The van der Waals surface area contributed by atoms with Crippen LogP contribution in [0, 0.1) is 11.3 Å². The summed E-state index contributed by atoms with van der Waals surface area (Å²) in [4.78, 5) is 22.4. The zero-order valence-corrected chi connectivity index (χ0v) is 18.6. The monoisotopic (exact) mass is 431 g/mol. The van der Waals surface area contributed by atoms with Crippen molar-refractivity contribution in [2.75, 3.05) is 50.5 Å². The van der Waals surface area contributed by atoms with Crippen LogP contribution in [-0.4, -0.2) is 62.4 Å². The molecule has 1 fully saturated rings. The summed E-state index contributed by atoms with van der Waals surface area (Å²) in [6.07, 6.45) is 3.39. The van der Waals surface area contributed by atoms with E-state index in [1.165, 1.54) is 5.69 Å². The molecular weight excluding hydrogens is 402 g/mol. The lowest BCUT2D eigenvalue weighted by molar-refractivity contribution is -0.0851.